The molecule has 0 aliphatic heterocycles. The van der Waals surface area contributed by atoms with Gasteiger partial charge >= 0.3 is 0 Å². The Morgan fingerprint density at radius 2 is 1.95 bits per heavy atom. The molecule has 3 N–H and O–H groups in total. The molecule has 1 unspecified atom stereocenters. The monoisotopic (exact) mass is 268 g/mol. The number of nitrogens with one attached hydrogen (secondary N) is 1. The van der Waals surface area contributed by atoms with Gasteiger partial charge in [-0.3, -0.25) is 16.3 Å². The summed E-state index contributed by atoms with van der Waals surface area (Å²) >= 11 is 0. The second-order valence-electron chi connectivity index (χ2n) is 5.76. The van der Waals surface area contributed by atoms with Crippen LogP contribution in [-0.4, -0.2) is 9.97 Å². The molecule has 1 heterocycles. The van der Waals surface area contributed by atoms with Crippen LogP contribution in [0.2, 0.25) is 0 Å². The zero-order chi connectivity index (χ0) is 14.6. The summed E-state index contributed by atoms with van der Waals surface area (Å²) in [6.07, 6.45) is 2.37. The Morgan fingerprint density at radius 1 is 1.25 bits per heavy atom. The predicted molar refractivity (Wildman–Crippen MR) is 81.5 cm³/mol. The van der Waals surface area contributed by atoms with E-state index < -0.39 is 0 Å². The van der Waals surface area contributed by atoms with Crippen molar-refractivity contribution in [2.75, 3.05) is 0 Å². The number of hydrogen-bond acceptors (Lipinski definition) is 4. The van der Waals surface area contributed by atoms with Crippen LogP contribution >= 0.6 is 0 Å². The fourth-order valence-electron chi connectivity index (χ4n) is 1.81. The van der Waals surface area contributed by atoms with E-state index in [0.29, 0.717) is 6.42 Å². The van der Waals surface area contributed by atoms with E-state index in [4.69, 9.17) is 5.84 Å². The molecule has 0 aliphatic carbocycles. The zero-order valence-corrected chi connectivity index (χ0v) is 12.1. The van der Waals surface area contributed by atoms with Crippen molar-refractivity contribution in [3.8, 4) is 11.8 Å². The average molecular weight is 268 g/mol. The van der Waals surface area contributed by atoms with E-state index in [1.807, 2.05) is 24.3 Å². The molecule has 0 saturated heterocycles. The fraction of sp³-hybridized carbons (Fsp3) is 0.375. The lowest BCUT2D eigenvalue weighted by atomic mass is 9.97. The van der Waals surface area contributed by atoms with E-state index in [-0.39, 0.29) is 11.5 Å². The zero-order valence-electron chi connectivity index (χ0n) is 12.1. The summed E-state index contributed by atoms with van der Waals surface area (Å²) in [5.74, 6) is 12.0. The maximum absolute atomic E-state index is 5.61. The molecule has 1 aromatic carbocycles. The first-order valence-electron chi connectivity index (χ1n) is 6.67. The van der Waals surface area contributed by atoms with Gasteiger partial charge in [0.05, 0.1) is 29.0 Å². The van der Waals surface area contributed by atoms with Crippen molar-refractivity contribution in [2.45, 2.75) is 33.2 Å². The van der Waals surface area contributed by atoms with Crippen LogP contribution in [0, 0.1) is 17.3 Å². The summed E-state index contributed by atoms with van der Waals surface area (Å²) in [7, 11) is 0. The van der Waals surface area contributed by atoms with Gasteiger partial charge < -0.3 is 0 Å². The van der Waals surface area contributed by atoms with Gasteiger partial charge in [-0.05, 0) is 32.9 Å². The number of para-hydroxylation sites is 2. The van der Waals surface area contributed by atoms with Crippen LogP contribution in [0.5, 0.6) is 0 Å². The Balaban J connectivity index is 2.22. The molecule has 0 saturated carbocycles. The van der Waals surface area contributed by atoms with Crippen LogP contribution < -0.4 is 11.3 Å². The number of nitrogens with two attached hydrogens (primary N) is 1. The Kier molecular flexibility index (Phi) is 4.33. The highest BCUT2D eigenvalue weighted by Gasteiger charge is 2.11. The van der Waals surface area contributed by atoms with Gasteiger partial charge in [0.15, 0.2) is 0 Å². The Labute approximate surface area is 119 Å². The number of benzene rings is 1. The Morgan fingerprint density at radius 3 is 2.60 bits per heavy atom. The van der Waals surface area contributed by atoms with E-state index in [9.17, 15) is 0 Å². The lowest BCUT2D eigenvalue weighted by Gasteiger charge is -2.13. The molecule has 2 aromatic rings. The molecule has 2 rings (SSSR count). The van der Waals surface area contributed by atoms with Crippen LogP contribution in [-0.2, 0) is 0 Å². The lowest BCUT2D eigenvalue weighted by molar-refractivity contribution is 0.546. The first-order valence-corrected chi connectivity index (χ1v) is 6.67. The minimum atomic E-state index is -0.109. The Bertz CT molecular complexity index is 647. The molecule has 0 fully saturated rings. The van der Waals surface area contributed by atoms with E-state index in [1.165, 1.54) is 0 Å². The van der Waals surface area contributed by atoms with Crippen LogP contribution in [0.4, 0.5) is 0 Å². The van der Waals surface area contributed by atoms with Crippen LogP contribution in [0.1, 0.15) is 38.9 Å². The maximum Gasteiger partial charge on any atom is 0.0890 e. The summed E-state index contributed by atoms with van der Waals surface area (Å²) < 4.78 is 0. The first kappa shape index (κ1) is 14.4. The third kappa shape index (κ3) is 3.77. The van der Waals surface area contributed by atoms with E-state index in [0.717, 1.165) is 16.7 Å². The summed E-state index contributed by atoms with van der Waals surface area (Å²) in [4.78, 5) is 8.99. The SMILES string of the molecule is CC(C)(C)C#CCC(NN)c1cnc2ccccc2n1. The van der Waals surface area contributed by atoms with Gasteiger partial charge in [0.1, 0.15) is 0 Å². The molecule has 4 heteroatoms. The van der Waals surface area contributed by atoms with Crippen LogP contribution in [0.25, 0.3) is 11.0 Å². The second-order valence-corrected chi connectivity index (χ2v) is 5.76. The summed E-state index contributed by atoms with van der Waals surface area (Å²) in [5, 5.41) is 0. The number of hydrogen-bond donors (Lipinski definition) is 2. The lowest BCUT2D eigenvalue weighted by Crippen LogP contribution is -2.28. The standard InChI is InChI=1S/C16H20N4/c1-16(2,3)10-6-9-14(20-17)15-11-18-12-7-4-5-8-13(12)19-15/h4-5,7-8,11,14,20H,9,17H2,1-3H3. The number of nitrogens with zero attached hydrogens (tertiary/aromatic N) is 2. The van der Waals surface area contributed by atoms with Crippen LogP contribution in [0.3, 0.4) is 0 Å². The van der Waals surface area contributed by atoms with Crippen molar-refractivity contribution in [1.82, 2.24) is 15.4 Å². The topological polar surface area (TPSA) is 63.8 Å². The van der Waals surface area contributed by atoms with Crippen LogP contribution in [0.15, 0.2) is 30.5 Å². The third-order valence-electron chi connectivity index (χ3n) is 2.79. The summed E-state index contributed by atoms with van der Waals surface area (Å²) in [6.45, 7) is 6.25. The van der Waals surface area contributed by atoms with E-state index in [2.05, 4.69) is 48.0 Å². The highest BCUT2D eigenvalue weighted by atomic mass is 15.2. The molecule has 1 aromatic heterocycles. The summed E-state index contributed by atoms with van der Waals surface area (Å²) in [5.41, 5.74) is 5.32. The molecule has 0 aliphatic rings. The molecule has 0 radical (unpaired) electrons. The maximum atomic E-state index is 5.61. The third-order valence-corrected chi connectivity index (χ3v) is 2.79. The molecule has 4 nitrogen and oxygen atoms in total. The molecule has 20 heavy (non-hydrogen) atoms. The summed E-state index contributed by atoms with van der Waals surface area (Å²) in [6, 6.07) is 7.67. The van der Waals surface area contributed by atoms with Gasteiger partial charge in [-0.2, -0.15) is 0 Å². The van der Waals surface area contributed by atoms with Gasteiger partial charge in [-0.25, -0.2) is 4.98 Å². The predicted octanol–water partition coefficient (Wildman–Crippen LogP) is 2.57. The van der Waals surface area contributed by atoms with Gasteiger partial charge in [-0.15, -0.1) is 5.92 Å². The van der Waals surface area contributed by atoms with Crippen molar-refractivity contribution in [1.29, 1.82) is 0 Å². The van der Waals surface area contributed by atoms with Crippen molar-refractivity contribution >= 4 is 11.0 Å². The average Bonchev–Trinajstić information content (AvgIpc) is 2.42. The smallest absolute Gasteiger partial charge is 0.0890 e. The number of aromatic nitrogens is 2. The van der Waals surface area contributed by atoms with Crippen molar-refractivity contribution in [2.24, 2.45) is 11.3 Å². The molecule has 0 amide bonds. The Hall–Kier alpha value is -1.96. The highest BCUT2D eigenvalue weighted by molar-refractivity contribution is 5.73. The highest BCUT2D eigenvalue weighted by Crippen LogP contribution is 2.17. The number of hydrazine groups is 1. The molecular formula is C16H20N4. The molecule has 0 bridgehead atoms. The number of rotatable bonds is 3. The largest absolute Gasteiger partial charge is 0.271 e. The molecular weight excluding hydrogens is 248 g/mol. The van der Waals surface area contributed by atoms with Crippen molar-refractivity contribution < 1.29 is 0 Å². The normalized spacial score (nSPS) is 12.8. The molecule has 1 atom stereocenters. The second kappa shape index (κ2) is 6.00. The quantitative estimate of drug-likeness (QED) is 0.510. The van der Waals surface area contributed by atoms with Gasteiger partial charge in [0, 0.05) is 11.8 Å². The van der Waals surface area contributed by atoms with Gasteiger partial charge in [-0.1, -0.05) is 18.1 Å². The van der Waals surface area contributed by atoms with Gasteiger partial charge in [0.25, 0.3) is 0 Å². The van der Waals surface area contributed by atoms with Crippen molar-refractivity contribution in [3.63, 3.8) is 0 Å². The number of fused-ring (bicyclic) bond motifs is 1. The van der Waals surface area contributed by atoms with E-state index >= 15 is 0 Å². The first-order chi connectivity index (χ1) is 9.49. The molecule has 0 spiro atoms. The fourth-order valence-corrected chi connectivity index (χ4v) is 1.81. The minimum absolute atomic E-state index is 0.00574. The molecule has 104 valence electrons. The van der Waals surface area contributed by atoms with E-state index in [1.54, 1.807) is 6.20 Å². The van der Waals surface area contributed by atoms with Crippen molar-refractivity contribution in [3.05, 3.63) is 36.2 Å². The minimum Gasteiger partial charge on any atom is -0.271 e. The van der Waals surface area contributed by atoms with Gasteiger partial charge in [0.2, 0.25) is 0 Å².